The predicted octanol–water partition coefficient (Wildman–Crippen LogP) is 4.56. The molecule has 1 saturated heterocycles. The molecule has 0 unspecified atom stereocenters. The summed E-state index contributed by atoms with van der Waals surface area (Å²) in [5, 5.41) is 19.8. The molecule has 3 aromatic rings. The number of rotatable bonds is 3. The number of amides is 1. The lowest BCUT2D eigenvalue weighted by Crippen LogP contribution is -2.34. The highest BCUT2D eigenvalue weighted by Gasteiger charge is 2.25. The number of hydrogen-bond acceptors (Lipinski definition) is 6. The third kappa shape index (κ3) is 5.02. The van der Waals surface area contributed by atoms with Gasteiger partial charge in [-0.1, -0.05) is 29.8 Å². The van der Waals surface area contributed by atoms with E-state index in [0.29, 0.717) is 36.4 Å². The molecule has 8 nitrogen and oxygen atoms in total. The average molecular weight is 465 g/mol. The number of halogens is 1. The smallest absolute Gasteiger partial charge is 0.407 e. The number of anilines is 4. The summed E-state index contributed by atoms with van der Waals surface area (Å²) in [5.41, 5.74) is 5.48. The first-order chi connectivity index (χ1) is 16.0. The van der Waals surface area contributed by atoms with Crippen molar-refractivity contribution in [2.24, 2.45) is 0 Å². The van der Waals surface area contributed by atoms with Gasteiger partial charge in [-0.3, -0.25) is 0 Å². The van der Waals surface area contributed by atoms with Gasteiger partial charge in [-0.2, -0.15) is 4.98 Å². The number of benzene rings is 2. The normalized spacial score (nSPS) is 17.2. The highest BCUT2D eigenvalue weighted by molar-refractivity contribution is 6.32. The molecule has 2 aliphatic heterocycles. The molecule has 0 saturated carbocycles. The predicted molar refractivity (Wildman–Crippen MR) is 129 cm³/mol. The molecule has 170 valence electrons. The van der Waals surface area contributed by atoms with E-state index < -0.39 is 6.09 Å². The van der Waals surface area contributed by atoms with Gasteiger partial charge in [-0.25, -0.2) is 9.78 Å². The van der Waals surface area contributed by atoms with Crippen LogP contribution in [0.4, 0.5) is 27.9 Å². The monoisotopic (exact) mass is 464 g/mol. The molecule has 1 amide bonds. The van der Waals surface area contributed by atoms with Crippen LogP contribution in [0.15, 0.2) is 48.7 Å². The van der Waals surface area contributed by atoms with Crippen LogP contribution in [-0.2, 0) is 19.4 Å². The molecule has 2 aliphatic rings. The molecular formula is C24H25ClN6O2. The maximum atomic E-state index is 11.2. The lowest BCUT2D eigenvalue weighted by atomic mass is 9.98. The number of aromatic nitrogens is 2. The molecule has 2 aromatic carbocycles. The van der Waals surface area contributed by atoms with Crippen molar-refractivity contribution in [3.8, 4) is 0 Å². The van der Waals surface area contributed by atoms with E-state index in [-0.39, 0.29) is 6.04 Å². The van der Waals surface area contributed by atoms with Gasteiger partial charge in [0.1, 0.15) is 5.02 Å². The molecule has 33 heavy (non-hydrogen) atoms. The molecule has 4 N–H and O–H groups in total. The second-order valence-corrected chi connectivity index (χ2v) is 8.83. The Bertz CT molecular complexity index is 1190. The summed E-state index contributed by atoms with van der Waals surface area (Å²) >= 11 is 6.35. The van der Waals surface area contributed by atoms with Gasteiger partial charge in [-0.15, -0.1) is 0 Å². The topological polar surface area (TPSA) is 102 Å². The highest BCUT2D eigenvalue weighted by atomic mass is 35.5. The Labute approximate surface area is 197 Å². The van der Waals surface area contributed by atoms with Gasteiger partial charge >= 0.3 is 6.09 Å². The van der Waals surface area contributed by atoms with E-state index >= 15 is 0 Å². The fraction of sp³-hybridized carbons (Fsp3) is 0.292. The van der Waals surface area contributed by atoms with Crippen LogP contribution in [0.3, 0.4) is 0 Å². The first-order valence-corrected chi connectivity index (χ1v) is 11.4. The minimum Gasteiger partial charge on any atom is -0.465 e. The first-order valence-electron chi connectivity index (χ1n) is 11.0. The largest absolute Gasteiger partial charge is 0.465 e. The van der Waals surface area contributed by atoms with Crippen molar-refractivity contribution in [1.29, 1.82) is 0 Å². The van der Waals surface area contributed by atoms with E-state index in [1.165, 1.54) is 21.6 Å². The summed E-state index contributed by atoms with van der Waals surface area (Å²) in [5.74, 6) is 1.02. The summed E-state index contributed by atoms with van der Waals surface area (Å²) in [4.78, 5) is 21.5. The van der Waals surface area contributed by atoms with Crippen molar-refractivity contribution in [2.45, 2.75) is 31.8 Å². The standard InChI is InChI=1S/C24H25ClN6O2/c25-21-13-27-23-29-18-3-1-2-15(10-18)4-5-16-11-19(28-22(21)30-23)7-6-17(16)12-26-20-8-9-31(14-20)24(32)33/h1-3,6-7,10-11,13,20,26H,4-5,8-9,12,14H2,(H,32,33)(H2,27,28,29,30)/t20-/m1/s1. The molecule has 9 heteroatoms. The van der Waals surface area contributed by atoms with Crippen molar-refractivity contribution < 1.29 is 9.90 Å². The lowest BCUT2D eigenvalue weighted by molar-refractivity contribution is 0.154. The Morgan fingerprint density at radius 1 is 1.18 bits per heavy atom. The number of carbonyl (C=O) groups is 1. The zero-order chi connectivity index (χ0) is 22.8. The number of aryl methyl sites for hydroxylation is 2. The van der Waals surface area contributed by atoms with Crippen LogP contribution in [-0.4, -0.2) is 45.2 Å². The van der Waals surface area contributed by atoms with Crippen LogP contribution in [0.2, 0.25) is 5.02 Å². The minimum absolute atomic E-state index is 0.168. The fourth-order valence-electron chi connectivity index (χ4n) is 4.33. The lowest BCUT2D eigenvalue weighted by Gasteiger charge is -2.17. The molecular weight excluding hydrogens is 440 g/mol. The van der Waals surface area contributed by atoms with Crippen molar-refractivity contribution in [2.75, 3.05) is 23.7 Å². The van der Waals surface area contributed by atoms with E-state index in [4.69, 9.17) is 11.6 Å². The highest BCUT2D eigenvalue weighted by Crippen LogP contribution is 2.28. The Kier molecular flexibility index (Phi) is 6.02. The molecule has 1 fully saturated rings. The summed E-state index contributed by atoms with van der Waals surface area (Å²) < 4.78 is 0. The zero-order valence-corrected chi connectivity index (χ0v) is 18.8. The number of carboxylic acid groups (broad SMARTS) is 1. The van der Waals surface area contributed by atoms with Gasteiger partial charge in [0, 0.05) is 37.1 Å². The minimum atomic E-state index is -0.851. The Hall–Kier alpha value is -3.36. The zero-order valence-electron chi connectivity index (χ0n) is 18.0. The van der Waals surface area contributed by atoms with Crippen LogP contribution in [0.5, 0.6) is 0 Å². The van der Waals surface area contributed by atoms with Crippen molar-refractivity contribution >= 4 is 40.8 Å². The molecule has 0 spiro atoms. The number of fused-ring (bicyclic) bond motifs is 6. The number of hydrogen-bond donors (Lipinski definition) is 4. The molecule has 1 aromatic heterocycles. The van der Waals surface area contributed by atoms with Gasteiger partial charge in [-0.05, 0) is 60.2 Å². The summed E-state index contributed by atoms with van der Waals surface area (Å²) in [6.07, 6.45) is 3.33. The van der Waals surface area contributed by atoms with E-state index in [9.17, 15) is 9.90 Å². The fourth-order valence-corrected chi connectivity index (χ4v) is 4.47. The van der Waals surface area contributed by atoms with Crippen molar-refractivity contribution in [3.05, 3.63) is 70.4 Å². The Morgan fingerprint density at radius 2 is 2.06 bits per heavy atom. The van der Waals surface area contributed by atoms with Gasteiger partial charge in [0.15, 0.2) is 5.82 Å². The van der Waals surface area contributed by atoms with Crippen LogP contribution in [0.25, 0.3) is 0 Å². The SMILES string of the molecule is O=C(O)N1CC[C@@H](NCc2ccc3cc2CCc2cccc(c2)Nc2ncc(Cl)c(n2)N3)C1. The van der Waals surface area contributed by atoms with Crippen LogP contribution < -0.4 is 16.0 Å². The first kappa shape index (κ1) is 21.5. The number of likely N-dealkylation sites (tertiary alicyclic amines) is 1. The van der Waals surface area contributed by atoms with Crippen LogP contribution in [0.1, 0.15) is 23.1 Å². The van der Waals surface area contributed by atoms with Gasteiger partial charge in [0.25, 0.3) is 0 Å². The molecule has 5 rings (SSSR count). The second-order valence-electron chi connectivity index (χ2n) is 8.42. The Morgan fingerprint density at radius 3 is 2.91 bits per heavy atom. The number of nitrogens with zero attached hydrogens (tertiary/aromatic N) is 3. The quantitative estimate of drug-likeness (QED) is 0.450. The third-order valence-electron chi connectivity index (χ3n) is 6.12. The summed E-state index contributed by atoms with van der Waals surface area (Å²) in [6.45, 7) is 1.79. The van der Waals surface area contributed by atoms with Crippen molar-refractivity contribution in [3.63, 3.8) is 0 Å². The van der Waals surface area contributed by atoms with Crippen molar-refractivity contribution in [1.82, 2.24) is 20.2 Å². The maximum Gasteiger partial charge on any atom is 0.407 e. The molecule has 6 bridgehead atoms. The summed E-state index contributed by atoms with van der Waals surface area (Å²) in [6, 6.07) is 14.7. The molecule has 0 radical (unpaired) electrons. The van der Waals surface area contributed by atoms with Gasteiger partial charge < -0.3 is 26.0 Å². The molecule has 1 atom stereocenters. The van der Waals surface area contributed by atoms with E-state index in [1.807, 2.05) is 18.2 Å². The maximum absolute atomic E-state index is 11.2. The van der Waals surface area contributed by atoms with Crippen LogP contribution >= 0.6 is 11.6 Å². The summed E-state index contributed by atoms with van der Waals surface area (Å²) in [7, 11) is 0. The third-order valence-corrected chi connectivity index (χ3v) is 6.40. The van der Waals surface area contributed by atoms with Crippen LogP contribution in [0, 0.1) is 0 Å². The average Bonchev–Trinajstić information content (AvgIpc) is 3.29. The van der Waals surface area contributed by atoms with Gasteiger partial charge in [0.2, 0.25) is 5.95 Å². The number of nitrogens with one attached hydrogen (secondary N) is 3. The van der Waals surface area contributed by atoms with E-state index in [0.717, 1.165) is 30.6 Å². The molecule has 3 heterocycles. The van der Waals surface area contributed by atoms with E-state index in [1.54, 1.807) is 6.20 Å². The second kappa shape index (κ2) is 9.25. The van der Waals surface area contributed by atoms with E-state index in [2.05, 4.69) is 50.2 Å². The van der Waals surface area contributed by atoms with Gasteiger partial charge in [0.05, 0.1) is 6.20 Å². The molecule has 0 aliphatic carbocycles. The Balaban J connectivity index is 1.42.